The van der Waals surface area contributed by atoms with Gasteiger partial charge >= 0.3 is 0 Å². The van der Waals surface area contributed by atoms with E-state index in [1.165, 1.54) is 42.5 Å². The lowest BCUT2D eigenvalue weighted by Gasteiger charge is -2.29. The Kier molecular flexibility index (Phi) is 9.90. The largest absolute Gasteiger partial charge is 0.505 e. The zero-order chi connectivity index (χ0) is 31.4. The zero-order valence-corrected chi connectivity index (χ0v) is 25.9. The van der Waals surface area contributed by atoms with Gasteiger partial charge < -0.3 is 10.0 Å². The average molecular weight is 660 g/mol. The number of phenols is 1. The Morgan fingerprint density at radius 2 is 1.25 bits per heavy atom. The van der Waals surface area contributed by atoms with Crippen LogP contribution in [0.4, 0.5) is 8.78 Å². The van der Waals surface area contributed by atoms with Crippen molar-refractivity contribution in [2.45, 2.75) is 56.3 Å². The number of sulfonamides is 1. The van der Waals surface area contributed by atoms with E-state index in [-0.39, 0.29) is 40.9 Å². The number of rotatable bonds is 10. The number of amides is 1. The highest BCUT2D eigenvalue weighted by Crippen LogP contribution is 2.36. The minimum Gasteiger partial charge on any atom is -0.505 e. The molecule has 1 saturated carbocycles. The van der Waals surface area contributed by atoms with Crippen molar-refractivity contribution in [1.29, 1.82) is 0 Å². The van der Waals surface area contributed by atoms with E-state index >= 15 is 0 Å². The van der Waals surface area contributed by atoms with Crippen molar-refractivity contribution in [2.75, 3.05) is 0 Å². The molecule has 44 heavy (non-hydrogen) atoms. The van der Waals surface area contributed by atoms with Gasteiger partial charge in [-0.05, 0) is 78.1 Å². The number of nitrogens with zero attached hydrogens (tertiary/aromatic N) is 2. The van der Waals surface area contributed by atoms with E-state index in [0.717, 1.165) is 41.6 Å². The van der Waals surface area contributed by atoms with E-state index in [2.05, 4.69) is 0 Å². The molecule has 1 fully saturated rings. The molecule has 0 heterocycles. The topological polar surface area (TPSA) is 77.9 Å². The van der Waals surface area contributed by atoms with Crippen LogP contribution < -0.4 is 0 Å². The SMILES string of the molecule is O=C(c1ccc(CN(Cc2ccc(F)cc2)S(=O)(=O)c2cc(Cl)cc(Cl)c2O)cc1)N(Cc1ccc(F)cc1)C1CCCC1. The van der Waals surface area contributed by atoms with Crippen LogP contribution in [0, 0.1) is 11.6 Å². The Balaban J connectivity index is 1.42. The second kappa shape index (κ2) is 13.6. The van der Waals surface area contributed by atoms with Gasteiger partial charge in [0, 0.05) is 36.3 Å². The Labute approximate surface area is 265 Å². The number of aromatic hydroxyl groups is 1. The summed E-state index contributed by atoms with van der Waals surface area (Å²) < 4.78 is 55.8. The summed E-state index contributed by atoms with van der Waals surface area (Å²) in [5.41, 5.74) is 2.36. The van der Waals surface area contributed by atoms with Gasteiger partial charge in [0.15, 0.2) is 5.75 Å². The summed E-state index contributed by atoms with van der Waals surface area (Å²) in [5, 5.41) is 10.3. The lowest BCUT2D eigenvalue weighted by molar-refractivity contribution is 0.0664. The molecule has 0 radical (unpaired) electrons. The Bertz CT molecular complexity index is 1730. The second-order valence-corrected chi connectivity index (χ2v) is 13.6. The highest BCUT2D eigenvalue weighted by atomic mass is 35.5. The summed E-state index contributed by atoms with van der Waals surface area (Å²) in [6, 6.07) is 20.6. The summed E-state index contributed by atoms with van der Waals surface area (Å²) in [6.07, 6.45) is 3.84. The first-order valence-electron chi connectivity index (χ1n) is 14.1. The summed E-state index contributed by atoms with van der Waals surface area (Å²) in [7, 11) is -4.35. The molecule has 0 bridgehead atoms. The molecule has 0 saturated heterocycles. The first-order chi connectivity index (χ1) is 21.0. The van der Waals surface area contributed by atoms with E-state index in [0.29, 0.717) is 23.2 Å². The minimum absolute atomic E-state index is 0.0310. The van der Waals surface area contributed by atoms with Crippen LogP contribution in [0.3, 0.4) is 0 Å². The van der Waals surface area contributed by atoms with Crippen molar-refractivity contribution in [2.24, 2.45) is 0 Å². The zero-order valence-electron chi connectivity index (χ0n) is 23.6. The smallest absolute Gasteiger partial charge is 0.254 e. The third-order valence-electron chi connectivity index (χ3n) is 7.74. The quantitative estimate of drug-likeness (QED) is 0.188. The molecule has 1 N–H and O–H groups in total. The van der Waals surface area contributed by atoms with Crippen molar-refractivity contribution in [3.8, 4) is 5.75 Å². The van der Waals surface area contributed by atoms with E-state index in [9.17, 15) is 27.1 Å². The normalized spacial score (nSPS) is 13.8. The molecule has 1 aliphatic rings. The van der Waals surface area contributed by atoms with E-state index in [1.54, 1.807) is 36.4 Å². The van der Waals surface area contributed by atoms with Crippen LogP contribution in [0.25, 0.3) is 0 Å². The molecule has 0 atom stereocenters. The molecule has 4 aromatic rings. The van der Waals surface area contributed by atoms with Crippen molar-refractivity contribution >= 4 is 39.1 Å². The molecule has 1 amide bonds. The standard InChI is InChI=1S/C33H30Cl2F2N2O4S/c34-26-17-30(35)32(40)31(18-26)44(42,43)38(20-23-7-13-27(36)14-8-23)19-22-5-11-25(12-6-22)33(41)39(29-3-1-2-4-29)21-24-9-15-28(37)16-10-24/h5-18,29,40H,1-4,19-21H2. The number of phenolic OH excluding ortho intramolecular Hbond substituents is 1. The first kappa shape index (κ1) is 31.9. The van der Waals surface area contributed by atoms with Crippen LogP contribution in [0.2, 0.25) is 10.0 Å². The molecular formula is C33H30Cl2F2N2O4S. The average Bonchev–Trinajstić information content (AvgIpc) is 3.54. The first-order valence-corrected chi connectivity index (χ1v) is 16.3. The van der Waals surface area contributed by atoms with E-state index in [1.807, 2.05) is 4.90 Å². The summed E-state index contributed by atoms with van der Waals surface area (Å²) in [5.74, 6) is -1.60. The maximum atomic E-state index is 13.8. The summed E-state index contributed by atoms with van der Waals surface area (Å²) >= 11 is 12.1. The van der Waals surface area contributed by atoms with Gasteiger partial charge in [0.2, 0.25) is 10.0 Å². The van der Waals surface area contributed by atoms with Gasteiger partial charge in [-0.25, -0.2) is 17.2 Å². The van der Waals surface area contributed by atoms with Gasteiger partial charge in [0.25, 0.3) is 5.91 Å². The third kappa shape index (κ3) is 7.41. The van der Waals surface area contributed by atoms with Gasteiger partial charge in [0.05, 0.1) is 5.02 Å². The summed E-state index contributed by atoms with van der Waals surface area (Å²) in [4.78, 5) is 15.1. The van der Waals surface area contributed by atoms with Crippen LogP contribution in [-0.4, -0.2) is 34.7 Å². The van der Waals surface area contributed by atoms with E-state index < -0.39 is 26.5 Å². The van der Waals surface area contributed by atoms with Gasteiger partial charge in [-0.2, -0.15) is 4.31 Å². The van der Waals surface area contributed by atoms with Gasteiger partial charge in [-0.3, -0.25) is 4.79 Å². The molecule has 0 aliphatic heterocycles. The van der Waals surface area contributed by atoms with Crippen molar-refractivity contribution < 1.29 is 27.1 Å². The highest BCUT2D eigenvalue weighted by molar-refractivity contribution is 7.89. The van der Waals surface area contributed by atoms with Crippen LogP contribution in [-0.2, 0) is 29.7 Å². The molecule has 4 aromatic carbocycles. The molecule has 0 unspecified atom stereocenters. The maximum Gasteiger partial charge on any atom is 0.254 e. The van der Waals surface area contributed by atoms with Crippen molar-refractivity contribution in [1.82, 2.24) is 9.21 Å². The van der Waals surface area contributed by atoms with Gasteiger partial charge in [0.1, 0.15) is 16.5 Å². The molecule has 0 aromatic heterocycles. The molecule has 5 rings (SSSR count). The Hall–Kier alpha value is -3.50. The monoisotopic (exact) mass is 658 g/mol. The highest BCUT2D eigenvalue weighted by Gasteiger charge is 2.31. The fourth-order valence-corrected chi connectivity index (χ4v) is 7.55. The molecule has 11 heteroatoms. The van der Waals surface area contributed by atoms with Crippen LogP contribution >= 0.6 is 23.2 Å². The lowest BCUT2D eigenvalue weighted by atomic mass is 10.1. The molecule has 230 valence electrons. The second-order valence-electron chi connectivity index (χ2n) is 10.8. The third-order valence-corrected chi connectivity index (χ3v) is 10.0. The maximum absolute atomic E-state index is 13.8. The van der Waals surface area contributed by atoms with Crippen LogP contribution in [0.15, 0.2) is 89.8 Å². The summed E-state index contributed by atoms with van der Waals surface area (Å²) in [6.45, 7) is 0.0839. The molecular weight excluding hydrogens is 629 g/mol. The fourth-order valence-electron chi connectivity index (χ4n) is 5.39. The predicted octanol–water partition coefficient (Wildman–Crippen LogP) is 7.95. The molecule has 6 nitrogen and oxygen atoms in total. The lowest BCUT2D eigenvalue weighted by Crippen LogP contribution is -2.38. The number of halogens is 4. The fraction of sp³-hybridized carbons (Fsp3) is 0.242. The number of hydrogen-bond donors (Lipinski definition) is 1. The van der Waals surface area contributed by atoms with Gasteiger partial charge in [-0.1, -0.05) is 72.4 Å². The van der Waals surface area contributed by atoms with Crippen molar-refractivity contribution in [3.05, 3.63) is 129 Å². The molecule has 0 spiro atoms. The minimum atomic E-state index is -4.35. The Morgan fingerprint density at radius 3 is 1.77 bits per heavy atom. The van der Waals surface area contributed by atoms with Crippen LogP contribution in [0.5, 0.6) is 5.75 Å². The Morgan fingerprint density at radius 1 is 0.773 bits per heavy atom. The van der Waals surface area contributed by atoms with Gasteiger partial charge in [-0.15, -0.1) is 0 Å². The van der Waals surface area contributed by atoms with Crippen LogP contribution in [0.1, 0.15) is 52.7 Å². The predicted molar refractivity (Wildman–Crippen MR) is 166 cm³/mol. The number of carbonyl (C=O) groups is 1. The number of hydrogen-bond acceptors (Lipinski definition) is 4. The number of benzene rings is 4. The van der Waals surface area contributed by atoms with E-state index in [4.69, 9.17) is 23.2 Å². The number of carbonyl (C=O) groups excluding carboxylic acids is 1. The molecule has 1 aliphatic carbocycles. The van der Waals surface area contributed by atoms with Crippen molar-refractivity contribution in [3.63, 3.8) is 0 Å².